The van der Waals surface area contributed by atoms with Crippen LogP contribution >= 0.6 is 11.3 Å². The molecule has 2 saturated heterocycles. The molecule has 3 heterocycles. The fraction of sp³-hybridized carbons (Fsp3) is 0.722. The number of thiophene rings is 1. The van der Waals surface area contributed by atoms with Gasteiger partial charge in [0.2, 0.25) is 5.91 Å². The minimum atomic E-state index is -1.11. The number of piperidine rings is 1. The lowest BCUT2D eigenvalue weighted by molar-refractivity contribution is -0.245. The molecule has 0 radical (unpaired) electrons. The van der Waals surface area contributed by atoms with Crippen molar-refractivity contribution in [2.45, 2.75) is 62.8 Å². The van der Waals surface area contributed by atoms with E-state index in [-0.39, 0.29) is 5.91 Å². The van der Waals surface area contributed by atoms with Crippen LogP contribution in [0.4, 0.5) is 0 Å². The van der Waals surface area contributed by atoms with Crippen LogP contribution in [0.2, 0.25) is 0 Å². The average molecular weight is 353 g/mol. The van der Waals surface area contributed by atoms with Gasteiger partial charge in [0.05, 0.1) is 12.2 Å². The van der Waals surface area contributed by atoms with Crippen molar-refractivity contribution in [2.24, 2.45) is 0 Å². The third-order valence-corrected chi connectivity index (χ3v) is 6.38. The molecule has 3 rings (SSSR count). The summed E-state index contributed by atoms with van der Waals surface area (Å²) in [5.41, 5.74) is -1.80. The standard InChI is InChI=1S/C18H27NO4S/c1-17(22)9-12-23-18(16(17)21)7-10-19(11-8-18)15(20)6-2-4-14-5-3-13-24-14/h3,5,13,16,21-22H,2,4,6-12H2,1H3/t16-,17+/m0/s1. The van der Waals surface area contributed by atoms with Crippen molar-refractivity contribution in [2.75, 3.05) is 19.7 Å². The Balaban J connectivity index is 1.48. The number of hydrogen-bond donors (Lipinski definition) is 2. The topological polar surface area (TPSA) is 70.0 Å². The lowest BCUT2D eigenvalue weighted by Crippen LogP contribution is -2.64. The van der Waals surface area contributed by atoms with E-state index in [1.165, 1.54) is 4.88 Å². The van der Waals surface area contributed by atoms with E-state index in [0.29, 0.717) is 45.4 Å². The Kier molecular flexibility index (Phi) is 5.30. The Labute approximate surface area is 147 Å². The minimum absolute atomic E-state index is 0.179. The number of rotatable bonds is 4. The number of amides is 1. The third kappa shape index (κ3) is 3.67. The molecule has 2 aliphatic heterocycles. The number of ether oxygens (including phenoxy) is 1. The molecule has 1 aromatic heterocycles. The van der Waals surface area contributed by atoms with Crippen LogP contribution in [-0.2, 0) is 16.0 Å². The molecule has 2 fully saturated rings. The number of aliphatic hydroxyl groups is 2. The third-order valence-electron chi connectivity index (χ3n) is 5.44. The highest BCUT2D eigenvalue weighted by Crippen LogP contribution is 2.39. The summed E-state index contributed by atoms with van der Waals surface area (Å²) < 4.78 is 5.87. The molecule has 1 spiro atoms. The molecule has 0 aromatic carbocycles. The van der Waals surface area contributed by atoms with Gasteiger partial charge in [0, 0.05) is 30.8 Å². The van der Waals surface area contributed by atoms with Crippen molar-refractivity contribution in [3.05, 3.63) is 22.4 Å². The predicted molar refractivity (Wildman–Crippen MR) is 93.0 cm³/mol. The van der Waals surface area contributed by atoms with Gasteiger partial charge in [-0.05, 0) is 44.1 Å². The maximum Gasteiger partial charge on any atom is 0.222 e. The van der Waals surface area contributed by atoms with E-state index in [2.05, 4.69) is 11.4 Å². The van der Waals surface area contributed by atoms with E-state index in [4.69, 9.17) is 4.74 Å². The summed E-state index contributed by atoms with van der Waals surface area (Å²) in [5, 5.41) is 22.9. The molecule has 0 unspecified atom stereocenters. The number of likely N-dealkylation sites (tertiary alicyclic amines) is 1. The monoisotopic (exact) mass is 353 g/mol. The van der Waals surface area contributed by atoms with Crippen LogP contribution in [-0.4, -0.2) is 58.0 Å². The van der Waals surface area contributed by atoms with Gasteiger partial charge in [-0.1, -0.05) is 6.07 Å². The molecule has 0 aliphatic carbocycles. The highest BCUT2D eigenvalue weighted by atomic mass is 32.1. The first-order valence-corrected chi connectivity index (χ1v) is 9.65. The van der Waals surface area contributed by atoms with E-state index in [1.807, 2.05) is 11.0 Å². The number of aryl methyl sites for hydroxylation is 1. The van der Waals surface area contributed by atoms with Crippen molar-refractivity contribution >= 4 is 17.2 Å². The molecule has 0 bridgehead atoms. The molecule has 5 nitrogen and oxygen atoms in total. The van der Waals surface area contributed by atoms with Gasteiger partial charge in [-0.25, -0.2) is 0 Å². The molecule has 1 amide bonds. The molecule has 6 heteroatoms. The van der Waals surface area contributed by atoms with Gasteiger partial charge in [0.25, 0.3) is 0 Å². The summed E-state index contributed by atoms with van der Waals surface area (Å²) in [5.74, 6) is 0.179. The van der Waals surface area contributed by atoms with E-state index >= 15 is 0 Å². The first-order chi connectivity index (χ1) is 11.4. The summed E-state index contributed by atoms with van der Waals surface area (Å²) >= 11 is 1.73. The van der Waals surface area contributed by atoms with Crippen LogP contribution in [0, 0.1) is 0 Å². The molecule has 2 aliphatic rings. The zero-order chi connectivity index (χ0) is 17.2. The summed E-state index contributed by atoms with van der Waals surface area (Å²) in [7, 11) is 0. The average Bonchev–Trinajstić information content (AvgIpc) is 3.06. The highest BCUT2D eigenvalue weighted by Gasteiger charge is 2.52. The molecular formula is C18H27NO4S. The zero-order valence-electron chi connectivity index (χ0n) is 14.2. The first kappa shape index (κ1) is 17.9. The molecule has 2 N–H and O–H groups in total. The Hall–Kier alpha value is -0.950. The molecule has 0 saturated carbocycles. The SMILES string of the molecule is C[C@@]1(O)CCOC2(CCN(C(=O)CCCc3cccs3)CC2)[C@H]1O. The Morgan fingerprint density at radius 2 is 2.17 bits per heavy atom. The summed E-state index contributed by atoms with van der Waals surface area (Å²) in [6, 6.07) is 4.14. The van der Waals surface area contributed by atoms with Gasteiger partial charge >= 0.3 is 0 Å². The number of carbonyl (C=O) groups is 1. The smallest absolute Gasteiger partial charge is 0.222 e. The molecular weight excluding hydrogens is 326 g/mol. The van der Waals surface area contributed by atoms with Crippen molar-refractivity contribution in [3.8, 4) is 0 Å². The lowest BCUT2D eigenvalue weighted by atomic mass is 9.75. The number of aliphatic hydroxyl groups excluding tert-OH is 1. The molecule has 134 valence electrons. The fourth-order valence-corrected chi connectivity index (χ4v) is 4.57. The van der Waals surface area contributed by atoms with Crippen LogP contribution in [0.1, 0.15) is 43.9 Å². The maximum atomic E-state index is 12.4. The lowest BCUT2D eigenvalue weighted by Gasteiger charge is -2.51. The second kappa shape index (κ2) is 7.12. The second-order valence-electron chi connectivity index (χ2n) is 7.24. The van der Waals surface area contributed by atoms with E-state index < -0.39 is 17.3 Å². The number of hydrogen-bond acceptors (Lipinski definition) is 5. The number of nitrogens with zero attached hydrogens (tertiary/aromatic N) is 1. The van der Waals surface area contributed by atoms with Crippen molar-refractivity contribution in [1.29, 1.82) is 0 Å². The Morgan fingerprint density at radius 1 is 1.42 bits per heavy atom. The van der Waals surface area contributed by atoms with Crippen LogP contribution in [0.5, 0.6) is 0 Å². The quantitative estimate of drug-likeness (QED) is 0.868. The Morgan fingerprint density at radius 3 is 2.83 bits per heavy atom. The van der Waals surface area contributed by atoms with E-state index in [1.54, 1.807) is 18.3 Å². The van der Waals surface area contributed by atoms with Gasteiger partial charge in [0.1, 0.15) is 11.7 Å². The minimum Gasteiger partial charge on any atom is -0.387 e. The van der Waals surface area contributed by atoms with E-state index in [0.717, 1.165) is 12.8 Å². The van der Waals surface area contributed by atoms with Crippen molar-refractivity contribution in [3.63, 3.8) is 0 Å². The van der Waals surface area contributed by atoms with Gasteiger partial charge in [-0.3, -0.25) is 4.79 Å². The second-order valence-corrected chi connectivity index (χ2v) is 8.27. The van der Waals surface area contributed by atoms with E-state index in [9.17, 15) is 15.0 Å². The summed E-state index contributed by atoms with van der Waals surface area (Å²) in [6.07, 6.45) is 3.10. The molecule has 24 heavy (non-hydrogen) atoms. The van der Waals surface area contributed by atoms with Crippen molar-refractivity contribution in [1.82, 2.24) is 4.90 Å². The normalized spacial score (nSPS) is 29.8. The van der Waals surface area contributed by atoms with Crippen LogP contribution < -0.4 is 0 Å². The molecule has 1 aromatic rings. The predicted octanol–water partition coefficient (Wildman–Crippen LogP) is 1.96. The maximum absolute atomic E-state index is 12.4. The first-order valence-electron chi connectivity index (χ1n) is 8.78. The molecule has 2 atom stereocenters. The fourth-order valence-electron chi connectivity index (χ4n) is 3.82. The Bertz CT molecular complexity index is 549. The van der Waals surface area contributed by atoms with Crippen LogP contribution in [0.15, 0.2) is 17.5 Å². The zero-order valence-corrected chi connectivity index (χ0v) is 15.1. The number of carbonyl (C=O) groups excluding carboxylic acids is 1. The summed E-state index contributed by atoms with van der Waals surface area (Å²) in [6.45, 7) is 3.30. The highest BCUT2D eigenvalue weighted by molar-refractivity contribution is 7.09. The van der Waals surface area contributed by atoms with Gasteiger partial charge in [-0.15, -0.1) is 11.3 Å². The van der Waals surface area contributed by atoms with Crippen LogP contribution in [0.25, 0.3) is 0 Å². The largest absolute Gasteiger partial charge is 0.387 e. The van der Waals surface area contributed by atoms with Crippen molar-refractivity contribution < 1.29 is 19.7 Å². The summed E-state index contributed by atoms with van der Waals surface area (Å²) in [4.78, 5) is 15.6. The van der Waals surface area contributed by atoms with Gasteiger partial charge < -0.3 is 19.8 Å². The van der Waals surface area contributed by atoms with Crippen LogP contribution in [0.3, 0.4) is 0 Å². The van der Waals surface area contributed by atoms with Gasteiger partial charge in [-0.2, -0.15) is 0 Å². The van der Waals surface area contributed by atoms with Gasteiger partial charge in [0.15, 0.2) is 0 Å².